The van der Waals surface area contributed by atoms with Crippen LogP contribution in [0.5, 0.6) is 0 Å². The first-order valence-corrected chi connectivity index (χ1v) is 4.88. The molecular weight excluding hydrogens is 240 g/mol. The smallest absolute Gasteiger partial charge is 0.248 e. The molecule has 0 fully saturated rings. The van der Waals surface area contributed by atoms with Gasteiger partial charge in [-0.3, -0.25) is 4.79 Å². The Morgan fingerprint density at radius 2 is 1.93 bits per heavy atom. The lowest BCUT2D eigenvalue weighted by molar-refractivity contribution is -0.111. The summed E-state index contributed by atoms with van der Waals surface area (Å²) < 4.78 is 13.0. The summed E-state index contributed by atoms with van der Waals surface area (Å²) in [4.78, 5) is 11.1. The number of hydrogen-bond donors (Lipinski definition) is 1. The summed E-state index contributed by atoms with van der Waals surface area (Å²) in [6.45, 7) is 1.71. The van der Waals surface area contributed by atoms with Crippen molar-refractivity contribution in [1.82, 2.24) is 0 Å². The molecular formula is C10H8Cl2FNO. The Labute approximate surface area is 96.7 Å². The zero-order chi connectivity index (χ0) is 11.4. The summed E-state index contributed by atoms with van der Waals surface area (Å²) in [6, 6.07) is 2.59. The van der Waals surface area contributed by atoms with Gasteiger partial charge in [0.15, 0.2) is 5.82 Å². The highest BCUT2D eigenvalue weighted by Crippen LogP contribution is 2.27. The van der Waals surface area contributed by atoms with E-state index < -0.39 is 5.82 Å². The molecule has 0 unspecified atom stereocenters. The van der Waals surface area contributed by atoms with Crippen LogP contribution in [-0.2, 0) is 4.79 Å². The van der Waals surface area contributed by atoms with Crippen molar-refractivity contribution in [2.24, 2.45) is 0 Å². The number of nitrogens with one attached hydrogen (secondary N) is 1. The summed E-state index contributed by atoms with van der Waals surface area (Å²) >= 11 is 11.1. The molecule has 0 atom stereocenters. The Balaban J connectivity index is 2.92. The number of rotatable bonds is 2. The van der Waals surface area contributed by atoms with Crippen molar-refractivity contribution < 1.29 is 9.18 Å². The van der Waals surface area contributed by atoms with Gasteiger partial charge in [-0.15, -0.1) is 0 Å². The van der Waals surface area contributed by atoms with E-state index in [4.69, 9.17) is 23.2 Å². The molecule has 1 rings (SSSR count). The van der Waals surface area contributed by atoms with Gasteiger partial charge in [-0.25, -0.2) is 4.39 Å². The molecule has 0 aliphatic rings. The molecule has 2 nitrogen and oxygen atoms in total. The van der Waals surface area contributed by atoms with Crippen molar-refractivity contribution in [2.45, 2.75) is 6.92 Å². The highest BCUT2D eigenvalue weighted by Gasteiger charge is 2.08. The highest BCUT2D eigenvalue weighted by molar-refractivity contribution is 6.35. The molecule has 0 aliphatic carbocycles. The van der Waals surface area contributed by atoms with Crippen molar-refractivity contribution in [3.8, 4) is 0 Å². The Bertz CT molecular complexity index is 395. The second kappa shape index (κ2) is 5.14. The van der Waals surface area contributed by atoms with Crippen LogP contribution in [0.1, 0.15) is 6.92 Å². The lowest BCUT2D eigenvalue weighted by atomic mass is 10.3. The molecule has 0 heterocycles. The van der Waals surface area contributed by atoms with Crippen molar-refractivity contribution >= 4 is 34.8 Å². The number of amides is 1. The Kier molecular flexibility index (Phi) is 4.12. The number of benzene rings is 1. The van der Waals surface area contributed by atoms with Gasteiger partial charge in [-0.2, -0.15) is 0 Å². The van der Waals surface area contributed by atoms with Crippen LogP contribution in [0, 0.1) is 5.82 Å². The Hall–Kier alpha value is -1.06. The van der Waals surface area contributed by atoms with Crippen molar-refractivity contribution in [2.75, 3.05) is 5.32 Å². The third kappa shape index (κ3) is 3.22. The lowest BCUT2D eigenvalue weighted by Crippen LogP contribution is -2.07. The number of anilines is 1. The maximum absolute atomic E-state index is 13.0. The minimum absolute atomic E-state index is 0.127. The highest BCUT2D eigenvalue weighted by atomic mass is 35.5. The van der Waals surface area contributed by atoms with Crippen molar-refractivity contribution in [3.05, 3.63) is 40.1 Å². The molecule has 0 radical (unpaired) electrons. The largest absolute Gasteiger partial charge is 0.322 e. The normalized spacial score (nSPS) is 10.7. The van der Waals surface area contributed by atoms with E-state index in [0.717, 1.165) is 0 Å². The van der Waals surface area contributed by atoms with Crippen LogP contribution in [0.15, 0.2) is 24.3 Å². The maximum atomic E-state index is 13.0. The monoisotopic (exact) mass is 247 g/mol. The minimum atomic E-state index is -0.692. The third-order valence-corrected chi connectivity index (χ3v) is 2.12. The molecule has 0 spiro atoms. The van der Waals surface area contributed by atoms with E-state index in [1.54, 1.807) is 13.0 Å². The van der Waals surface area contributed by atoms with E-state index in [9.17, 15) is 9.18 Å². The van der Waals surface area contributed by atoms with E-state index in [0.29, 0.717) is 5.69 Å². The van der Waals surface area contributed by atoms with Crippen molar-refractivity contribution in [3.63, 3.8) is 0 Å². The van der Waals surface area contributed by atoms with Gasteiger partial charge in [-0.1, -0.05) is 29.3 Å². The van der Waals surface area contributed by atoms with Crippen LogP contribution >= 0.6 is 23.2 Å². The molecule has 1 amide bonds. The Morgan fingerprint density at radius 1 is 1.40 bits per heavy atom. The van der Waals surface area contributed by atoms with Crippen LogP contribution in [0.4, 0.5) is 10.1 Å². The Morgan fingerprint density at radius 3 is 2.40 bits per heavy atom. The van der Waals surface area contributed by atoms with Gasteiger partial charge in [0.25, 0.3) is 0 Å². The molecule has 0 saturated carbocycles. The fraction of sp³-hybridized carbons (Fsp3) is 0.100. The molecule has 1 aromatic rings. The van der Waals surface area contributed by atoms with Gasteiger partial charge in [0.05, 0.1) is 10.0 Å². The maximum Gasteiger partial charge on any atom is 0.248 e. The van der Waals surface area contributed by atoms with E-state index in [1.165, 1.54) is 18.2 Å². The van der Waals surface area contributed by atoms with Crippen LogP contribution in [0.2, 0.25) is 10.0 Å². The summed E-state index contributed by atoms with van der Waals surface area (Å²) in [5.74, 6) is -1.02. The minimum Gasteiger partial charge on any atom is -0.322 e. The molecule has 80 valence electrons. The predicted octanol–water partition coefficient (Wildman–Crippen LogP) is 3.65. The zero-order valence-corrected chi connectivity index (χ0v) is 9.36. The first-order chi connectivity index (χ1) is 7.04. The number of hydrogen-bond acceptors (Lipinski definition) is 1. The van der Waals surface area contributed by atoms with Gasteiger partial charge in [0, 0.05) is 5.69 Å². The van der Waals surface area contributed by atoms with E-state index in [1.807, 2.05) is 0 Å². The van der Waals surface area contributed by atoms with Gasteiger partial charge in [0.2, 0.25) is 5.91 Å². The molecule has 0 aromatic heterocycles. The summed E-state index contributed by atoms with van der Waals surface area (Å²) in [5.41, 5.74) is 0.356. The molecule has 0 aliphatic heterocycles. The third-order valence-electron chi connectivity index (χ3n) is 1.57. The van der Waals surface area contributed by atoms with Gasteiger partial charge >= 0.3 is 0 Å². The van der Waals surface area contributed by atoms with E-state index in [2.05, 4.69) is 5.32 Å². The van der Waals surface area contributed by atoms with Crippen LogP contribution in [0.3, 0.4) is 0 Å². The van der Waals surface area contributed by atoms with Crippen molar-refractivity contribution in [1.29, 1.82) is 0 Å². The second-order valence-electron chi connectivity index (χ2n) is 2.74. The van der Waals surface area contributed by atoms with E-state index in [-0.39, 0.29) is 16.0 Å². The molecule has 0 saturated heterocycles. The molecule has 1 aromatic carbocycles. The topological polar surface area (TPSA) is 29.1 Å². The van der Waals surface area contributed by atoms with Crippen LogP contribution < -0.4 is 5.32 Å². The fourth-order valence-electron chi connectivity index (χ4n) is 0.963. The first-order valence-electron chi connectivity index (χ1n) is 4.13. The average Bonchev–Trinajstić information content (AvgIpc) is 2.14. The first kappa shape index (κ1) is 12.0. The summed E-state index contributed by atoms with van der Waals surface area (Å²) in [6.07, 6.45) is 2.92. The van der Waals surface area contributed by atoms with Crippen LogP contribution in [0.25, 0.3) is 0 Å². The average molecular weight is 248 g/mol. The molecule has 5 heteroatoms. The predicted molar refractivity (Wildman–Crippen MR) is 59.9 cm³/mol. The number of carbonyl (C=O) groups excluding carboxylic acids is 1. The quantitative estimate of drug-likeness (QED) is 0.628. The van der Waals surface area contributed by atoms with Gasteiger partial charge in [-0.05, 0) is 25.1 Å². The molecule has 15 heavy (non-hydrogen) atoms. The number of allylic oxidation sites excluding steroid dienone is 1. The standard InChI is InChI=1S/C10H8Cl2FNO/c1-2-3-9(15)14-6-4-7(11)10(13)8(12)5-6/h2-5H,1H3,(H,14,15)/b3-2+. The number of halogens is 3. The number of carbonyl (C=O) groups is 1. The fourth-order valence-corrected chi connectivity index (χ4v) is 1.45. The SMILES string of the molecule is C/C=C/C(=O)Nc1cc(Cl)c(F)c(Cl)c1. The summed E-state index contributed by atoms with van der Waals surface area (Å²) in [7, 11) is 0. The van der Waals surface area contributed by atoms with Crippen LogP contribution in [-0.4, -0.2) is 5.91 Å². The second-order valence-corrected chi connectivity index (χ2v) is 3.56. The van der Waals surface area contributed by atoms with E-state index >= 15 is 0 Å². The zero-order valence-electron chi connectivity index (χ0n) is 7.85. The molecule has 0 bridgehead atoms. The van der Waals surface area contributed by atoms with Gasteiger partial charge < -0.3 is 5.32 Å². The lowest BCUT2D eigenvalue weighted by Gasteiger charge is -2.04. The molecule has 1 N–H and O–H groups in total. The summed E-state index contributed by atoms with van der Waals surface area (Å²) in [5, 5.41) is 2.24. The van der Waals surface area contributed by atoms with Gasteiger partial charge in [0.1, 0.15) is 0 Å².